The topological polar surface area (TPSA) is 74.5 Å². The fraction of sp³-hybridized carbons (Fsp3) is 0.263. The van der Waals surface area contributed by atoms with Gasteiger partial charge in [0.15, 0.2) is 0 Å². The van der Waals surface area contributed by atoms with Crippen LogP contribution in [0.4, 0.5) is 0 Å². The molecule has 0 bridgehead atoms. The second-order valence-corrected chi connectivity index (χ2v) is 5.84. The molecule has 0 fully saturated rings. The Labute approximate surface area is 150 Å². The molecule has 0 aliphatic heterocycles. The van der Waals surface area contributed by atoms with Crippen molar-refractivity contribution < 1.29 is 14.3 Å². The van der Waals surface area contributed by atoms with Crippen molar-refractivity contribution in [1.82, 2.24) is 14.5 Å². The molecule has 7 nitrogen and oxygen atoms in total. The fourth-order valence-electron chi connectivity index (χ4n) is 2.90. The number of aromatic nitrogens is 2. The van der Waals surface area contributed by atoms with Gasteiger partial charge in [0.05, 0.1) is 25.3 Å². The lowest BCUT2D eigenvalue weighted by molar-refractivity contribution is 0.0951. The maximum Gasteiger partial charge on any atom is 0.328 e. The predicted octanol–water partition coefficient (Wildman–Crippen LogP) is 1.79. The van der Waals surface area contributed by atoms with E-state index in [0.29, 0.717) is 30.2 Å². The summed E-state index contributed by atoms with van der Waals surface area (Å²) >= 11 is 0. The molecule has 0 saturated carbocycles. The molecule has 3 rings (SSSR count). The van der Waals surface area contributed by atoms with Crippen molar-refractivity contribution in [2.75, 3.05) is 20.8 Å². The SMILES string of the molecule is COc1cc(OC)cc(C(=O)NCCn2c(=O)n(C)c3ccccc32)c1. The largest absolute Gasteiger partial charge is 0.497 e. The van der Waals surface area contributed by atoms with Gasteiger partial charge in [0.25, 0.3) is 5.91 Å². The number of aryl methyl sites for hydroxylation is 1. The van der Waals surface area contributed by atoms with Gasteiger partial charge in [-0.25, -0.2) is 4.79 Å². The Kier molecular flexibility index (Phi) is 4.97. The second-order valence-electron chi connectivity index (χ2n) is 5.84. The third-order valence-electron chi connectivity index (χ3n) is 4.29. The van der Waals surface area contributed by atoms with E-state index in [-0.39, 0.29) is 11.6 Å². The first kappa shape index (κ1) is 17.6. The number of amides is 1. The molecule has 2 aromatic carbocycles. The summed E-state index contributed by atoms with van der Waals surface area (Å²) in [6.45, 7) is 0.708. The van der Waals surface area contributed by atoms with E-state index in [9.17, 15) is 9.59 Å². The summed E-state index contributed by atoms with van der Waals surface area (Å²) in [5.41, 5.74) is 2.04. The van der Waals surface area contributed by atoms with E-state index in [1.807, 2.05) is 24.3 Å². The van der Waals surface area contributed by atoms with Gasteiger partial charge in [-0.3, -0.25) is 13.9 Å². The van der Waals surface area contributed by atoms with Crippen molar-refractivity contribution >= 4 is 16.9 Å². The fourth-order valence-corrected chi connectivity index (χ4v) is 2.90. The van der Waals surface area contributed by atoms with Crippen molar-refractivity contribution in [2.45, 2.75) is 6.54 Å². The number of nitrogens with one attached hydrogen (secondary N) is 1. The van der Waals surface area contributed by atoms with Gasteiger partial charge in [0.2, 0.25) is 0 Å². The molecule has 136 valence electrons. The predicted molar refractivity (Wildman–Crippen MR) is 99.1 cm³/mol. The highest BCUT2D eigenvalue weighted by atomic mass is 16.5. The van der Waals surface area contributed by atoms with E-state index in [1.54, 1.807) is 34.4 Å². The van der Waals surface area contributed by atoms with Gasteiger partial charge in [-0.2, -0.15) is 0 Å². The number of fused-ring (bicyclic) bond motifs is 1. The quantitative estimate of drug-likeness (QED) is 0.732. The molecule has 0 aliphatic carbocycles. The van der Waals surface area contributed by atoms with E-state index >= 15 is 0 Å². The first-order valence-electron chi connectivity index (χ1n) is 8.20. The zero-order chi connectivity index (χ0) is 18.7. The summed E-state index contributed by atoms with van der Waals surface area (Å²) in [4.78, 5) is 24.8. The van der Waals surface area contributed by atoms with Gasteiger partial charge in [0.1, 0.15) is 11.5 Å². The number of carbonyl (C=O) groups is 1. The number of hydrogen-bond acceptors (Lipinski definition) is 4. The van der Waals surface area contributed by atoms with E-state index in [1.165, 1.54) is 14.2 Å². The molecule has 26 heavy (non-hydrogen) atoms. The van der Waals surface area contributed by atoms with Gasteiger partial charge < -0.3 is 14.8 Å². The van der Waals surface area contributed by atoms with Crippen LogP contribution in [0.3, 0.4) is 0 Å². The van der Waals surface area contributed by atoms with Crippen molar-refractivity contribution in [3.8, 4) is 11.5 Å². The number of methoxy groups -OCH3 is 2. The second kappa shape index (κ2) is 7.35. The number of nitrogens with zero attached hydrogens (tertiary/aromatic N) is 2. The minimum atomic E-state index is -0.254. The molecule has 0 radical (unpaired) electrons. The number of carbonyl (C=O) groups excluding carboxylic acids is 1. The molecule has 7 heteroatoms. The zero-order valence-corrected chi connectivity index (χ0v) is 15.0. The molecule has 1 aromatic heterocycles. The highest BCUT2D eigenvalue weighted by molar-refractivity contribution is 5.95. The highest BCUT2D eigenvalue weighted by Gasteiger charge is 2.12. The number of imidazole rings is 1. The number of hydrogen-bond donors (Lipinski definition) is 1. The standard InChI is InChI=1S/C19H21N3O4/c1-21-16-6-4-5-7-17(16)22(19(21)24)9-8-20-18(23)13-10-14(25-2)12-15(11-13)26-3/h4-7,10-12H,8-9H2,1-3H3,(H,20,23). The van der Waals surface area contributed by atoms with Crippen LogP contribution in [0.5, 0.6) is 11.5 Å². The molecule has 0 aliphatic rings. The summed E-state index contributed by atoms with van der Waals surface area (Å²) in [5, 5.41) is 2.83. The summed E-state index contributed by atoms with van der Waals surface area (Å²) in [5.74, 6) is 0.829. The monoisotopic (exact) mass is 355 g/mol. The first-order chi connectivity index (χ1) is 12.5. The Bertz CT molecular complexity index is 981. The van der Waals surface area contributed by atoms with Crippen LogP contribution in [0.25, 0.3) is 11.0 Å². The average molecular weight is 355 g/mol. The van der Waals surface area contributed by atoms with Gasteiger partial charge in [-0.05, 0) is 24.3 Å². The third kappa shape index (κ3) is 3.28. The van der Waals surface area contributed by atoms with E-state index in [0.717, 1.165) is 11.0 Å². The van der Waals surface area contributed by atoms with E-state index in [2.05, 4.69) is 5.32 Å². The summed E-state index contributed by atoms with van der Waals surface area (Å²) in [7, 11) is 4.80. The van der Waals surface area contributed by atoms with Crippen LogP contribution >= 0.6 is 0 Å². The Hall–Kier alpha value is -3.22. The normalized spacial score (nSPS) is 10.7. The van der Waals surface area contributed by atoms with Crippen LogP contribution in [-0.4, -0.2) is 35.8 Å². The molecular weight excluding hydrogens is 334 g/mol. The number of ether oxygens (including phenoxy) is 2. The number of benzene rings is 2. The smallest absolute Gasteiger partial charge is 0.328 e. The molecule has 0 saturated heterocycles. The van der Waals surface area contributed by atoms with Crippen LogP contribution < -0.4 is 20.5 Å². The third-order valence-corrected chi connectivity index (χ3v) is 4.29. The maximum atomic E-state index is 12.4. The molecule has 0 spiro atoms. The Morgan fingerprint density at radius 1 is 1.04 bits per heavy atom. The zero-order valence-electron chi connectivity index (χ0n) is 15.0. The molecule has 0 atom stereocenters. The number of rotatable bonds is 6. The minimum absolute atomic E-state index is 0.108. The molecule has 3 aromatic rings. The summed E-state index contributed by atoms with van der Waals surface area (Å²) in [6.07, 6.45) is 0. The summed E-state index contributed by atoms with van der Waals surface area (Å²) in [6, 6.07) is 12.6. The molecule has 1 N–H and O–H groups in total. The van der Waals surface area contributed by atoms with Gasteiger partial charge in [-0.15, -0.1) is 0 Å². The Morgan fingerprint density at radius 2 is 1.65 bits per heavy atom. The van der Waals surface area contributed by atoms with Crippen LogP contribution in [-0.2, 0) is 13.6 Å². The lowest BCUT2D eigenvalue weighted by Crippen LogP contribution is -2.31. The van der Waals surface area contributed by atoms with Crippen molar-refractivity contribution in [2.24, 2.45) is 7.05 Å². The average Bonchev–Trinajstić information content (AvgIpc) is 2.92. The van der Waals surface area contributed by atoms with Crippen molar-refractivity contribution in [3.05, 3.63) is 58.5 Å². The lowest BCUT2D eigenvalue weighted by Gasteiger charge is -2.09. The van der Waals surface area contributed by atoms with E-state index < -0.39 is 0 Å². The van der Waals surface area contributed by atoms with Crippen LogP contribution in [0.15, 0.2) is 47.3 Å². The maximum absolute atomic E-state index is 12.4. The molecule has 0 unspecified atom stereocenters. The Balaban J connectivity index is 1.74. The highest BCUT2D eigenvalue weighted by Crippen LogP contribution is 2.22. The lowest BCUT2D eigenvalue weighted by atomic mass is 10.2. The number of para-hydroxylation sites is 2. The molecule has 1 amide bonds. The van der Waals surface area contributed by atoms with Crippen LogP contribution in [0.1, 0.15) is 10.4 Å². The Morgan fingerprint density at radius 3 is 2.27 bits per heavy atom. The van der Waals surface area contributed by atoms with Crippen LogP contribution in [0, 0.1) is 0 Å². The van der Waals surface area contributed by atoms with Crippen molar-refractivity contribution in [1.29, 1.82) is 0 Å². The molecular formula is C19H21N3O4. The molecule has 1 heterocycles. The van der Waals surface area contributed by atoms with Gasteiger partial charge in [-0.1, -0.05) is 12.1 Å². The minimum Gasteiger partial charge on any atom is -0.497 e. The van der Waals surface area contributed by atoms with E-state index in [4.69, 9.17) is 9.47 Å². The first-order valence-corrected chi connectivity index (χ1v) is 8.20. The van der Waals surface area contributed by atoms with Gasteiger partial charge >= 0.3 is 5.69 Å². The van der Waals surface area contributed by atoms with Crippen molar-refractivity contribution in [3.63, 3.8) is 0 Å². The van der Waals surface area contributed by atoms with Crippen LogP contribution in [0.2, 0.25) is 0 Å². The van der Waals surface area contributed by atoms with Gasteiger partial charge in [0, 0.05) is 31.8 Å². The summed E-state index contributed by atoms with van der Waals surface area (Å²) < 4.78 is 13.6.